The molecule has 0 aliphatic carbocycles. The van der Waals surface area contributed by atoms with Crippen LogP contribution in [0.3, 0.4) is 0 Å². The molecule has 1 aromatic carbocycles. The van der Waals surface area contributed by atoms with Crippen molar-refractivity contribution in [3.05, 3.63) is 46.2 Å². The molecule has 11 heteroatoms. The zero-order valence-corrected chi connectivity index (χ0v) is 17.3. The van der Waals surface area contributed by atoms with Gasteiger partial charge in [0, 0.05) is 18.7 Å². The predicted molar refractivity (Wildman–Crippen MR) is 104 cm³/mol. The molecule has 1 amide bonds. The third-order valence-corrected chi connectivity index (χ3v) is 5.44. The van der Waals surface area contributed by atoms with Crippen LogP contribution in [-0.2, 0) is 10.9 Å². The zero-order chi connectivity index (χ0) is 21.5. The van der Waals surface area contributed by atoms with Crippen molar-refractivity contribution in [2.45, 2.75) is 6.18 Å². The quantitative estimate of drug-likeness (QED) is 0.567. The molecule has 2 aromatic heterocycles. The van der Waals surface area contributed by atoms with Crippen molar-refractivity contribution < 1.29 is 27.4 Å². The van der Waals surface area contributed by atoms with Crippen molar-refractivity contribution in [2.75, 3.05) is 33.4 Å². The van der Waals surface area contributed by atoms with Gasteiger partial charge in [0.1, 0.15) is 5.75 Å². The number of halogens is 4. The van der Waals surface area contributed by atoms with Gasteiger partial charge in [-0.15, -0.1) is 0 Å². The van der Waals surface area contributed by atoms with E-state index in [1.807, 2.05) is 0 Å². The van der Waals surface area contributed by atoms with Gasteiger partial charge in [-0.1, -0.05) is 0 Å². The van der Waals surface area contributed by atoms with Crippen molar-refractivity contribution in [1.82, 2.24) is 19.5 Å². The average Bonchev–Trinajstić information content (AvgIpc) is 3.09. The number of ether oxygens (including phenoxy) is 2. The lowest BCUT2D eigenvalue weighted by Gasteiger charge is -2.26. The topological polar surface area (TPSA) is 69.0 Å². The number of hydrogen-bond donors (Lipinski definition) is 0. The van der Waals surface area contributed by atoms with E-state index < -0.39 is 17.8 Å². The number of morpholine rings is 1. The third kappa shape index (κ3) is 3.74. The van der Waals surface area contributed by atoms with Crippen LogP contribution in [0.5, 0.6) is 5.75 Å². The summed E-state index contributed by atoms with van der Waals surface area (Å²) >= 11 is 3.24. The highest BCUT2D eigenvalue weighted by molar-refractivity contribution is 9.10. The highest BCUT2D eigenvalue weighted by Gasteiger charge is 2.37. The molecule has 1 aliphatic heterocycles. The fourth-order valence-electron chi connectivity index (χ4n) is 3.16. The molecular formula is C19H16BrF3N4O3. The minimum atomic E-state index is -4.70. The number of benzene rings is 1. The lowest BCUT2D eigenvalue weighted by atomic mass is 10.1. The number of methoxy groups -OCH3 is 1. The second-order valence-corrected chi connectivity index (χ2v) is 7.35. The van der Waals surface area contributed by atoms with E-state index in [1.165, 1.54) is 12.0 Å². The van der Waals surface area contributed by atoms with Gasteiger partial charge >= 0.3 is 6.18 Å². The number of amides is 1. The molecule has 0 atom stereocenters. The Bertz CT molecular complexity index is 1090. The van der Waals surface area contributed by atoms with E-state index in [2.05, 4.69) is 26.0 Å². The maximum Gasteiger partial charge on any atom is 0.433 e. The fraction of sp³-hybridized carbons (Fsp3) is 0.316. The first-order valence-electron chi connectivity index (χ1n) is 8.97. The summed E-state index contributed by atoms with van der Waals surface area (Å²) in [7, 11) is 1.50. The Balaban J connectivity index is 1.86. The number of alkyl halides is 3. The highest BCUT2D eigenvalue weighted by Crippen LogP contribution is 2.35. The molecule has 3 aromatic rings. The predicted octanol–water partition coefficient (Wildman–Crippen LogP) is 3.66. The third-order valence-electron chi connectivity index (χ3n) is 4.71. The first-order valence-corrected chi connectivity index (χ1v) is 9.77. The van der Waals surface area contributed by atoms with Crippen LogP contribution < -0.4 is 4.74 Å². The SMILES string of the molecule is COc1ccc(-c2cc(C(F)(F)F)n3nc(C(=O)N4CCOCC4)c(Br)c3n2)cc1. The van der Waals surface area contributed by atoms with Crippen molar-refractivity contribution in [2.24, 2.45) is 0 Å². The zero-order valence-electron chi connectivity index (χ0n) is 15.7. The largest absolute Gasteiger partial charge is 0.497 e. The maximum atomic E-state index is 13.8. The van der Waals surface area contributed by atoms with Crippen LogP contribution in [-0.4, -0.2) is 58.8 Å². The molecule has 0 saturated carbocycles. The second kappa shape index (κ2) is 7.88. The molecule has 1 aliphatic rings. The van der Waals surface area contributed by atoms with Gasteiger partial charge in [-0.05, 0) is 46.3 Å². The number of carbonyl (C=O) groups is 1. The van der Waals surface area contributed by atoms with Gasteiger partial charge in [0.05, 0.1) is 30.5 Å². The van der Waals surface area contributed by atoms with E-state index in [-0.39, 0.29) is 21.5 Å². The van der Waals surface area contributed by atoms with Crippen LogP contribution in [0.4, 0.5) is 13.2 Å². The molecule has 30 heavy (non-hydrogen) atoms. The summed E-state index contributed by atoms with van der Waals surface area (Å²) in [5.74, 6) is 0.0922. The minimum absolute atomic E-state index is 0.0905. The molecule has 0 unspecified atom stereocenters. The van der Waals surface area contributed by atoms with Crippen LogP contribution in [0.25, 0.3) is 16.9 Å². The van der Waals surface area contributed by atoms with E-state index in [9.17, 15) is 18.0 Å². The monoisotopic (exact) mass is 484 g/mol. The van der Waals surface area contributed by atoms with Crippen molar-refractivity contribution in [3.8, 4) is 17.0 Å². The van der Waals surface area contributed by atoms with E-state index >= 15 is 0 Å². The van der Waals surface area contributed by atoms with Crippen LogP contribution in [0.1, 0.15) is 16.2 Å². The number of nitrogens with zero attached hydrogens (tertiary/aromatic N) is 4. The number of hydrogen-bond acceptors (Lipinski definition) is 5. The van der Waals surface area contributed by atoms with Gasteiger partial charge in [-0.3, -0.25) is 4.79 Å². The standard InChI is InChI=1S/C19H16BrF3N4O3/c1-29-12-4-2-11(3-5-12)13-10-14(19(21,22)23)27-17(24-13)15(20)16(25-27)18(28)26-6-8-30-9-7-26/h2-5,10H,6-9H2,1H3. The van der Waals surface area contributed by atoms with E-state index in [0.717, 1.165) is 6.07 Å². The summed E-state index contributed by atoms with van der Waals surface area (Å²) in [4.78, 5) is 18.7. The molecule has 0 radical (unpaired) electrons. The number of fused-ring (bicyclic) bond motifs is 1. The van der Waals surface area contributed by atoms with Crippen LogP contribution in [0, 0.1) is 0 Å². The van der Waals surface area contributed by atoms with Crippen molar-refractivity contribution in [1.29, 1.82) is 0 Å². The van der Waals surface area contributed by atoms with Gasteiger partial charge < -0.3 is 14.4 Å². The Morgan fingerprint density at radius 1 is 1.20 bits per heavy atom. The Morgan fingerprint density at radius 2 is 1.87 bits per heavy atom. The first-order chi connectivity index (χ1) is 14.3. The Morgan fingerprint density at radius 3 is 2.47 bits per heavy atom. The molecule has 4 rings (SSSR count). The van der Waals surface area contributed by atoms with Crippen LogP contribution in [0.15, 0.2) is 34.8 Å². The fourth-order valence-corrected chi connectivity index (χ4v) is 3.66. The summed E-state index contributed by atoms with van der Waals surface area (Å²) < 4.78 is 52.5. The number of aromatic nitrogens is 3. The summed E-state index contributed by atoms with van der Waals surface area (Å²) in [6, 6.07) is 7.40. The molecule has 7 nitrogen and oxygen atoms in total. The van der Waals surface area contributed by atoms with Gasteiger partial charge in [0.25, 0.3) is 5.91 Å². The van der Waals surface area contributed by atoms with Gasteiger partial charge in [-0.25, -0.2) is 9.50 Å². The smallest absolute Gasteiger partial charge is 0.433 e. The lowest BCUT2D eigenvalue weighted by Crippen LogP contribution is -2.41. The van der Waals surface area contributed by atoms with Gasteiger partial charge in [0.15, 0.2) is 17.0 Å². The van der Waals surface area contributed by atoms with Gasteiger partial charge in [-0.2, -0.15) is 18.3 Å². The van der Waals surface area contributed by atoms with Crippen molar-refractivity contribution >= 4 is 27.5 Å². The Hall–Kier alpha value is -2.66. The van der Waals surface area contributed by atoms with Crippen molar-refractivity contribution in [3.63, 3.8) is 0 Å². The first kappa shape index (κ1) is 20.6. The molecule has 1 saturated heterocycles. The van der Waals surface area contributed by atoms with E-state index in [1.54, 1.807) is 24.3 Å². The lowest BCUT2D eigenvalue weighted by molar-refractivity contribution is -0.142. The molecule has 0 spiro atoms. The molecule has 3 heterocycles. The normalized spacial score (nSPS) is 14.9. The molecule has 0 N–H and O–H groups in total. The number of rotatable bonds is 3. The number of carbonyl (C=O) groups excluding carboxylic acids is 1. The van der Waals surface area contributed by atoms with E-state index in [4.69, 9.17) is 9.47 Å². The minimum Gasteiger partial charge on any atom is -0.497 e. The molecule has 1 fully saturated rings. The maximum absolute atomic E-state index is 13.8. The summed E-state index contributed by atoms with van der Waals surface area (Å²) in [6.45, 7) is 1.42. The van der Waals surface area contributed by atoms with Crippen LogP contribution >= 0.6 is 15.9 Å². The Labute approximate surface area is 177 Å². The van der Waals surface area contributed by atoms with Crippen LogP contribution in [0.2, 0.25) is 0 Å². The summed E-state index contributed by atoms with van der Waals surface area (Å²) in [6.07, 6.45) is -4.70. The Kier molecular flexibility index (Phi) is 5.41. The average molecular weight is 485 g/mol. The second-order valence-electron chi connectivity index (χ2n) is 6.56. The molecule has 158 valence electrons. The van der Waals surface area contributed by atoms with Gasteiger partial charge in [0.2, 0.25) is 0 Å². The summed E-state index contributed by atoms with van der Waals surface area (Å²) in [5, 5.41) is 3.95. The molecule has 0 bridgehead atoms. The molecular weight excluding hydrogens is 469 g/mol. The van der Waals surface area contributed by atoms with E-state index in [0.29, 0.717) is 42.1 Å². The summed E-state index contributed by atoms with van der Waals surface area (Å²) in [5.41, 5.74) is -0.671. The highest BCUT2D eigenvalue weighted by atomic mass is 79.9.